The van der Waals surface area contributed by atoms with Crippen LogP contribution in [0.4, 0.5) is 5.82 Å². The predicted octanol–water partition coefficient (Wildman–Crippen LogP) is 1.99. The Kier molecular flexibility index (Phi) is 2.87. The first kappa shape index (κ1) is 11.4. The SMILES string of the molecule is O=C(O)[C@H]1CCCN(c2ncnc3sccc23)C1. The van der Waals surface area contributed by atoms with Gasteiger partial charge in [-0.2, -0.15) is 0 Å². The molecule has 1 atom stereocenters. The van der Waals surface area contributed by atoms with Crippen LogP contribution in [0.3, 0.4) is 0 Å². The standard InChI is InChI=1S/C12H13N3O2S/c16-12(17)8-2-1-4-15(6-8)10-9-3-5-18-11(9)14-7-13-10/h3,5,7-8H,1-2,4,6H2,(H,16,17)/t8-/m0/s1. The maximum atomic E-state index is 11.1. The molecule has 0 saturated carbocycles. The van der Waals surface area contributed by atoms with Gasteiger partial charge in [-0.1, -0.05) is 0 Å². The van der Waals surface area contributed by atoms with E-state index in [2.05, 4.69) is 14.9 Å². The Labute approximate surface area is 108 Å². The minimum absolute atomic E-state index is 0.289. The molecular weight excluding hydrogens is 250 g/mol. The average Bonchev–Trinajstić information content (AvgIpc) is 2.87. The fraction of sp³-hybridized carbons (Fsp3) is 0.417. The molecule has 0 radical (unpaired) electrons. The molecule has 18 heavy (non-hydrogen) atoms. The summed E-state index contributed by atoms with van der Waals surface area (Å²) in [5.41, 5.74) is 0. The number of aromatic nitrogens is 2. The molecule has 1 saturated heterocycles. The lowest BCUT2D eigenvalue weighted by Gasteiger charge is -2.31. The van der Waals surface area contributed by atoms with Gasteiger partial charge in [0.1, 0.15) is 17.0 Å². The number of piperidine rings is 1. The molecule has 0 bridgehead atoms. The van der Waals surface area contributed by atoms with Crippen molar-refractivity contribution in [3.05, 3.63) is 17.8 Å². The van der Waals surface area contributed by atoms with Crippen LogP contribution in [0, 0.1) is 5.92 Å². The summed E-state index contributed by atoms with van der Waals surface area (Å²) in [7, 11) is 0. The second kappa shape index (κ2) is 4.53. The van der Waals surface area contributed by atoms with E-state index in [1.54, 1.807) is 17.7 Å². The molecule has 0 unspecified atom stereocenters. The fourth-order valence-electron chi connectivity index (χ4n) is 2.40. The molecule has 6 heteroatoms. The van der Waals surface area contributed by atoms with Crippen molar-refractivity contribution in [2.75, 3.05) is 18.0 Å². The lowest BCUT2D eigenvalue weighted by atomic mass is 9.98. The van der Waals surface area contributed by atoms with E-state index < -0.39 is 5.97 Å². The summed E-state index contributed by atoms with van der Waals surface area (Å²) >= 11 is 1.58. The molecule has 94 valence electrons. The van der Waals surface area contributed by atoms with Crippen LogP contribution in [0.25, 0.3) is 10.2 Å². The number of aliphatic carboxylic acids is 1. The van der Waals surface area contributed by atoms with Gasteiger partial charge in [-0.05, 0) is 24.3 Å². The third kappa shape index (κ3) is 1.92. The van der Waals surface area contributed by atoms with E-state index in [0.717, 1.165) is 35.4 Å². The number of carboxylic acids is 1. The van der Waals surface area contributed by atoms with Gasteiger partial charge in [-0.25, -0.2) is 9.97 Å². The molecule has 1 aliphatic heterocycles. The second-order valence-electron chi connectivity index (χ2n) is 4.46. The summed E-state index contributed by atoms with van der Waals surface area (Å²) in [4.78, 5) is 22.7. The summed E-state index contributed by atoms with van der Waals surface area (Å²) < 4.78 is 0. The highest BCUT2D eigenvalue weighted by Crippen LogP contribution is 2.29. The van der Waals surface area contributed by atoms with Crippen molar-refractivity contribution in [2.45, 2.75) is 12.8 Å². The zero-order valence-corrected chi connectivity index (χ0v) is 10.6. The normalized spacial score (nSPS) is 20.2. The lowest BCUT2D eigenvalue weighted by Crippen LogP contribution is -2.39. The summed E-state index contributed by atoms with van der Waals surface area (Å²) in [5, 5.41) is 12.1. The van der Waals surface area contributed by atoms with E-state index in [0.29, 0.717) is 6.54 Å². The fourth-order valence-corrected chi connectivity index (χ4v) is 3.13. The third-order valence-electron chi connectivity index (χ3n) is 3.31. The van der Waals surface area contributed by atoms with Crippen LogP contribution in [0.1, 0.15) is 12.8 Å². The molecule has 0 aromatic carbocycles. The van der Waals surface area contributed by atoms with Gasteiger partial charge < -0.3 is 10.0 Å². The first-order chi connectivity index (χ1) is 8.75. The van der Waals surface area contributed by atoms with Crippen molar-refractivity contribution >= 4 is 33.3 Å². The van der Waals surface area contributed by atoms with Crippen molar-refractivity contribution in [3.8, 4) is 0 Å². The van der Waals surface area contributed by atoms with E-state index >= 15 is 0 Å². The van der Waals surface area contributed by atoms with Gasteiger partial charge in [0.25, 0.3) is 0 Å². The van der Waals surface area contributed by atoms with Crippen molar-refractivity contribution in [3.63, 3.8) is 0 Å². The van der Waals surface area contributed by atoms with Crippen LogP contribution in [-0.2, 0) is 4.79 Å². The highest BCUT2D eigenvalue weighted by Gasteiger charge is 2.27. The Morgan fingerprint density at radius 1 is 1.50 bits per heavy atom. The number of hydrogen-bond donors (Lipinski definition) is 1. The number of nitrogens with zero attached hydrogens (tertiary/aromatic N) is 3. The number of thiophene rings is 1. The number of carbonyl (C=O) groups is 1. The minimum atomic E-state index is -0.713. The molecule has 0 amide bonds. The van der Waals surface area contributed by atoms with Crippen LogP contribution in [0.2, 0.25) is 0 Å². The van der Waals surface area contributed by atoms with Gasteiger partial charge in [0, 0.05) is 13.1 Å². The van der Waals surface area contributed by atoms with Gasteiger partial charge in [-0.15, -0.1) is 11.3 Å². The molecule has 0 aliphatic carbocycles. The van der Waals surface area contributed by atoms with E-state index in [-0.39, 0.29) is 5.92 Å². The Morgan fingerprint density at radius 2 is 2.39 bits per heavy atom. The van der Waals surface area contributed by atoms with Crippen LogP contribution < -0.4 is 4.90 Å². The highest BCUT2D eigenvalue weighted by atomic mass is 32.1. The van der Waals surface area contributed by atoms with E-state index in [4.69, 9.17) is 5.11 Å². The Hall–Kier alpha value is -1.69. The molecule has 3 heterocycles. The number of carboxylic acid groups (broad SMARTS) is 1. The molecule has 1 fully saturated rings. The average molecular weight is 263 g/mol. The van der Waals surface area contributed by atoms with Crippen molar-refractivity contribution < 1.29 is 9.90 Å². The van der Waals surface area contributed by atoms with Gasteiger partial charge in [-0.3, -0.25) is 4.79 Å². The molecule has 2 aromatic rings. The maximum Gasteiger partial charge on any atom is 0.308 e. The van der Waals surface area contributed by atoms with Crippen LogP contribution in [-0.4, -0.2) is 34.1 Å². The Morgan fingerprint density at radius 3 is 3.22 bits per heavy atom. The first-order valence-electron chi connectivity index (χ1n) is 5.91. The van der Waals surface area contributed by atoms with Crippen LogP contribution in [0.15, 0.2) is 17.8 Å². The topological polar surface area (TPSA) is 66.3 Å². The second-order valence-corrected chi connectivity index (χ2v) is 5.35. The number of hydrogen-bond acceptors (Lipinski definition) is 5. The van der Waals surface area contributed by atoms with E-state index in [1.807, 2.05) is 11.4 Å². The molecule has 1 aliphatic rings. The van der Waals surface area contributed by atoms with Crippen molar-refractivity contribution in [1.29, 1.82) is 0 Å². The van der Waals surface area contributed by atoms with Crippen molar-refractivity contribution in [1.82, 2.24) is 9.97 Å². The minimum Gasteiger partial charge on any atom is -0.481 e. The summed E-state index contributed by atoms with van der Waals surface area (Å²) in [6, 6.07) is 2.00. The van der Waals surface area contributed by atoms with E-state index in [9.17, 15) is 4.79 Å². The largest absolute Gasteiger partial charge is 0.481 e. The van der Waals surface area contributed by atoms with Gasteiger partial charge >= 0.3 is 5.97 Å². The molecule has 3 rings (SSSR count). The van der Waals surface area contributed by atoms with Crippen LogP contribution >= 0.6 is 11.3 Å². The lowest BCUT2D eigenvalue weighted by molar-refractivity contribution is -0.141. The summed E-state index contributed by atoms with van der Waals surface area (Å²) in [6.45, 7) is 1.41. The molecule has 2 aromatic heterocycles. The predicted molar refractivity (Wildman–Crippen MR) is 70.0 cm³/mol. The maximum absolute atomic E-state index is 11.1. The van der Waals surface area contributed by atoms with Crippen molar-refractivity contribution in [2.24, 2.45) is 5.92 Å². The Balaban J connectivity index is 1.94. The monoisotopic (exact) mass is 263 g/mol. The zero-order valence-electron chi connectivity index (χ0n) is 9.74. The van der Waals surface area contributed by atoms with Gasteiger partial charge in [0.2, 0.25) is 0 Å². The number of anilines is 1. The van der Waals surface area contributed by atoms with Gasteiger partial charge in [0.05, 0.1) is 11.3 Å². The number of rotatable bonds is 2. The molecule has 5 nitrogen and oxygen atoms in total. The van der Waals surface area contributed by atoms with Gasteiger partial charge in [0.15, 0.2) is 0 Å². The number of fused-ring (bicyclic) bond motifs is 1. The summed E-state index contributed by atoms with van der Waals surface area (Å²) in [6.07, 6.45) is 3.20. The quantitative estimate of drug-likeness (QED) is 0.897. The van der Waals surface area contributed by atoms with E-state index in [1.165, 1.54) is 0 Å². The smallest absolute Gasteiger partial charge is 0.308 e. The highest BCUT2D eigenvalue weighted by molar-refractivity contribution is 7.16. The first-order valence-corrected chi connectivity index (χ1v) is 6.79. The third-order valence-corrected chi connectivity index (χ3v) is 4.13. The molecule has 1 N–H and O–H groups in total. The molecule has 0 spiro atoms. The Bertz CT molecular complexity index is 583. The zero-order chi connectivity index (χ0) is 12.5. The van der Waals surface area contributed by atoms with Crippen LogP contribution in [0.5, 0.6) is 0 Å². The summed E-state index contributed by atoms with van der Waals surface area (Å²) in [5.74, 6) is -0.134. The molecular formula is C12H13N3O2S.